The molecule has 0 aromatic heterocycles. The molecule has 0 spiro atoms. The van der Waals surface area contributed by atoms with E-state index in [0.29, 0.717) is 47.3 Å². The molecule has 4 nitrogen and oxygen atoms in total. The summed E-state index contributed by atoms with van der Waals surface area (Å²) in [5.41, 5.74) is 3.86. The van der Waals surface area contributed by atoms with Gasteiger partial charge in [0.25, 0.3) is 0 Å². The predicted octanol–water partition coefficient (Wildman–Crippen LogP) is 5.06. The fourth-order valence-corrected chi connectivity index (χ4v) is 9.52. The molecular formula is C32H43N3O. The molecule has 3 N–H and O–H groups in total. The van der Waals surface area contributed by atoms with Gasteiger partial charge in [0.2, 0.25) is 0 Å². The van der Waals surface area contributed by atoms with Crippen molar-refractivity contribution >= 4 is 0 Å². The average Bonchev–Trinajstić information content (AvgIpc) is 3.26. The monoisotopic (exact) mass is 485 g/mol. The Morgan fingerprint density at radius 2 is 1.67 bits per heavy atom. The summed E-state index contributed by atoms with van der Waals surface area (Å²) < 4.78 is 0. The fourth-order valence-electron chi connectivity index (χ4n) is 9.52. The Balaban J connectivity index is 1.20. The van der Waals surface area contributed by atoms with E-state index in [2.05, 4.69) is 84.0 Å². The average molecular weight is 486 g/mol. The van der Waals surface area contributed by atoms with Crippen molar-refractivity contribution in [1.82, 2.24) is 15.5 Å². The van der Waals surface area contributed by atoms with Crippen LogP contribution in [0, 0.1) is 35.0 Å². The van der Waals surface area contributed by atoms with Crippen molar-refractivity contribution in [2.45, 2.75) is 70.3 Å². The third-order valence-electron chi connectivity index (χ3n) is 11.2. The van der Waals surface area contributed by atoms with Crippen LogP contribution in [0.1, 0.15) is 57.6 Å². The summed E-state index contributed by atoms with van der Waals surface area (Å²) in [6, 6.07) is 20.7. The van der Waals surface area contributed by atoms with Crippen LogP contribution in [0.4, 0.5) is 0 Å². The molecule has 4 aliphatic heterocycles. The van der Waals surface area contributed by atoms with Crippen LogP contribution in [0.15, 0.2) is 54.6 Å². The summed E-state index contributed by atoms with van der Waals surface area (Å²) in [4.78, 5) is 2.98. The molecule has 1 saturated carbocycles. The maximum Gasteiger partial charge on any atom is 0.0818 e. The maximum absolute atomic E-state index is 11.8. The second-order valence-electron chi connectivity index (χ2n) is 13.1. The van der Waals surface area contributed by atoms with Crippen molar-refractivity contribution in [2.75, 3.05) is 19.6 Å². The van der Waals surface area contributed by atoms with Crippen LogP contribution < -0.4 is 10.6 Å². The molecule has 0 bridgehead atoms. The van der Waals surface area contributed by atoms with Crippen LogP contribution in [-0.4, -0.2) is 47.9 Å². The van der Waals surface area contributed by atoms with E-state index in [1.54, 1.807) is 0 Å². The lowest BCUT2D eigenvalue weighted by Crippen LogP contribution is -2.70. The highest BCUT2D eigenvalue weighted by atomic mass is 16.3. The number of aliphatic hydroxyl groups excluding tert-OH is 1. The van der Waals surface area contributed by atoms with E-state index in [0.717, 1.165) is 31.0 Å². The topological polar surface area (TPSA) is 47.5 Å². The molecule has 9 unspecified atom stereocenters. The SMILES string of the molecule is CC1(C)C2CCCNC2N2C3CNCCC3C3CC(C(O)c4ccc(-c5ccccc5)cc4)CC1C32. The van der Waals surface area contributed by atoms with Crippen LogP contribution in [0.3, 0.4) is 0 Å². The Kier molecular flexibility index (Phi) is 5.81. The van der Waals surface area contributed by atoms with Gasteiger partial charge >= 0.3 is 0 Å². The minimum absolute atomic E-state index is 0.300. The molecule has 36 heavy (non-hydrogen) atoms. The molecule has 0 amide bonds. The first-order valence-electron chi connectivity index (χ1n) is 14.6. The van der Waals surface area contributed by atoms with Crippen molar-refractivity contribution in [3.63, 3.8) is 0 Å². The van der Waals surface area contributed by atoms with Crippen molar-refractivity contribution < 1.29 is 5.11 Å². The first kappa shape index (κ1) is 23.4. The van der Waals surface area contributed by atoms with Crippen molar-refractivity contribution in [3.8, 4) is 11.1 Å². The normalized spacial score (nSPS) is 40.1. The lowest BCUT2D eigenvalue weighted by atomic mass is 9.53. The van der Waals surface area contributed by atoms with Gasteiger partial charge in [-0.15, -0.1) is 0 Å². The smallest absolute Gasteiger partial charge is 0.0818 e. The second kappa shape index (κ2) is 8.94. The number of fused-ring (bicyclic) bond motifs is 5. The number of hydrogen-bond acceptors (Lipinski definition) is 4. The minimum atomic E-state index is -0.372. The summed E-state index contributed by atoms with van der Waals surface area (Å²) in [6.07, 6.45) is 6.43. The molecule has 9 atom stereocenters. The predicted molar refractivity (Wildman–Crippen MR) is 145 cm³/mol. The lowest BCUT2D eigenvalue weighted by molar-refractivity contribution is -0.144. The Morgan fingerprint density at radius 1 is 0.889 bits per heavy atom. The van der Waals surface area contributed by atoms with Crippen LogP contribution >= 0.6 is 0 Å². The van der Waals surface area contributed by atoms with Gasteiger partial charge in [-0.1, -0.05) is 68.4 Å². The number of nitrogens with one attached hydrogen (secondary N) is 2. The highest BCUT2D eigenvalue weighted by Gasteiger charge is 2.65. The summed E-state index contributed by atoms with van der Waals surface area (Å²) in [6.45, 7) is 8.60. The number of hydrogen-bond donors (Lipinski definition) is 3. The van der Waals surface area contributed by atoms with Gasteiger partial charge in [-0.3, -0.25) is 4.90 Å². The Bertz CT molecular complexity index is 1070. The third kappa shape index (κ3) is 3.55. The van der Waals surface area contributed by atoms with Gasteiger partial charge in [0.1, 0.15) is 0 Å². The molecule has 0 radical (unpaired) electrons. The Labute approximate surface area is 216 Å². The zero-order valence-electron chi connectivity index (χ0n) is 21.9. The number of rotatable bonds is 3. The van der Waals surface area contributed by atoms with Gasteiger partial charge in [0.15, 0.2) is 0 Å². The summed E-state index contributed by atoms with van der Waals surface area (Å²) in [5.74, 6) is 3.19. The quantitative estimate of drug-likeness (QED) is 0.569. The van der Waals surface area contributed by atoms with Crippen molar-refractivity contribution in [3.05, 3.63) is 60.2 Å². The molecule has 192 valence electrons. The number of benzene rings is 2. The standard InChI is InChI=1S/C32H43N3O/c1-32(2)26-9-6-15-34-31(26)35-28-19-33-16-14-24(28)25-17-23(18-27(32)29(25)35)30(36)22-12-10-21(11-13-22)20-7-4-3-5-8-20/h3-5,7-8,10-13,23-31,33-34,36H,6,9,14-19H2,1-2H3. The second-order valence-corrected chi connectivity index (χ2v) is 13.1. The van der Waals surface area contributed by atoms with E-state index in [4.69, 9.17) is 0 Å². The highest BCUT2D eigenvalue weighted by Crippen LogP contribution is 2.62. The molecule has 2 aromatic rings. The van der Waals surface area contributed by atoms with E-state index in [9.17, 15) is 5.11 Å². The van der Waals surface area contributed by atoms with E-state index in [-0.39, 0.29) is 6.10 Å². The van der Waals surface area contributed by atoms with Crippen LogP contribution in [0.5, 0.6) is 0 Å². The van der Waals surface area contributed by atoms with Gasteiger partial charge < -0.3 is 15.7 Å². The maximum atomic E-state index is 11.8. The number of nitrogens with zero attached hydrogens (tertiary/aromatic N) is 1. The summed E-state index contributed by atoms with van der Waals surface area (Å²) in [7, 11) is 0. The molecular weight excluding hydrogens is 442 g/mol. The molecule has 5 aliphatic rings. The molecule has 4 heterocycles. The molecule has 4 saturated heterocycles. The summed E-state index contributed by atoms with van der Waals surface area (Å²) in [5, 5.41) is 19.5. The fraction of sp³-hybridized carbons (Fsp3) is 0.625. The van der Waals surface area contributed by atoms with E-state index in [1.165, 1.54) is 43.4 Å². The van der Waals surface area contributed by atoms with Crippen LogP contribution in [0.2, 0.25) is 0 Å². The Morgan fingerprint density at radius 3 is 2.47 bits per heavy atom. The number of piperidine rings is 3. The largest absolute Gasteiger partial charge is 0.388 e. The molecule has 1 aliphatic carbocycles. The van der Waals surface area contributed by atoms with E-state index < -0.39 is 0 Å². The first-order chi connectivity index (χ1) is 17.5. The molecule has 7 rings (SSSR count). The number of aliphatic hydroxyl groups is 1. The third-order valence-corrected chi connectivity index (χ3v) is 11.2. The Hall–Kier alpha value is -1.72. The zero-order chi connectivity index (χ0) is 24.4. The lowest BCUT2D eigenvalue weighted by Gasteiger charge is -2.62. The van der Waals surface area contributed by atoms with Gasteiger partial charge in [-0.05, 0) is 96.9 Å². The van der Waals surface area contributed by atoms with E-state index >= 15 is 0 Å². The zero-order valence-corrected chi connectivity index (χ0v) is 21.9. The summed E-state index contributed by atoms with van der Waals surface area (Å²) >= 11 is 0. The molecule has 4 heteroatoms. The van der Waals surface area contributed by atoms with Gasteiger partial charge in [0, 0.05) is 18.6 Å². The van der Waals surface area contributed by atoms with Crippen molar-refractivity contribution in [2.24, 2.45) is 35.0 Å². The van der Waals surface area contributed by atoms with Gasteiger partial charge in [-0.25, -0.2) is 0 Å². The van der Waals surface area contributed by atoms with Crippen molar-refractivity contribution in [1.29, 1.82) is 0 Å². The van der Waals surface area contributed by atoms with Crippen LogP contribution in [-0.2, 0) is 0 Å². The minimum Gasteiger partial charge on any atom is -0.388 e. The van der Waals surface area contributed by atoms with Crippen LogP contribution in [0.25, 0.3) is 11.1 Å². The molecule has 2 aromatic carbocycles. The molecule has 5 fully saturated rings. The first-order valence-corrected chi connectivity index (χ1v) is 14.6. The highest BCUT2D eigenvalue weighted by molar-refractivity contribution is 5.63. The van der Waals surface area contributed by atoms with Gasteiger partial charge in [0.05, 0.1) is 12.3 Å². The van der Waals surface area contributed by atoms with Gasteiger partial charge in [-0.2, -0.15) is 0 Å². The van der Waals surface area contributed by atoms with E-state index in [1.807, 2.05) is 0 Å².